The SMILES string of the molecule is CCCS(=O)(=O)Nc1ccc(Nc2cccc(C(=O)OC)c2)nn1. The first-order valence-electron chi connectivity index (χ1n) is 7.23. The van der Waals surface area contributed by atoms with E-state index in [1.54, 1.807) is 37.3 Å². The molecule has 128 valence electrons. The van der Waals surface area contributed by atoms with Gasteiger partial charge in [-0.3, -0.25) is 4.72 Å². The van der Waals surface area contributed by atoms with Gasteiger partial charge in [-0.05, 0) is 36.8 Å². The van der Waals surface area contributed by atoms with Crippen molar-refractivity contribution in [3.8, 4) is 0 Å². The van der Waals surface area contributed by atoms with Crippen molar-refractivity contribution in [2.45, 2.75) is 13.3 Å². The Bertz CT molecular complexity index is 806. The summed E-state index contributed by atoms with van der Waals surface area (Å²) in [5.74, 6) is 0.146. The molecule has 24 heavy (non-hydrogen) atoms. The average Bonchev–Trinajstić information content (AvgIpc) is 2.56. The third-order valence-electron chi connectivity index (χ3n) is 2.95. The molecule has 1 aromatic heterocycles. The number of methoxy groups -OCH3 is 1. The lowest BCUT2D eigenvalue weighted by Crippen LogP contribution is -2.17. The van der Waals surface area contributed by atoms with E-state index < -0.39 is 16.0 Å². The third-order valence-corrected chi connectivity index (χ3v) is 4.42. The summed E-state index contributed by atoms with van der Waals surface area (Å²) in [7, 11) is -2.09. The zero-order valence-corrected chi connectivity index (χ0v) is 14.1. The van der Waals surface area contributed by atoms with E-state index in [0.29, 0.717) is 23.5 Å². The van der Waals surface area contributed by atoms with Gasteiger partial charge in [0.15, 0.2) is 11.6 Å². The molecule has 2 N–H and O–H groups in total. The van der Waals surface area contributed by atoms with Crippen LogP contribution in [0.25, 0.3) is 0 Å². The zero-order valence-electron chi connectivity index (χ0n) is 13.3. The van der Waals surface area contributed by atoms with Crippen molar-refractivity contribution in [1.82, 2.24) is 10.2 Å². The Labute approximate surface area is 140 Å². The fourth-order valence-electron chi connectivity index (χ4n) is 1.92. The fraction of sp³-hybridized carbons (Fsp3) is 0.267. The summed E-state index contributed by atoms with van der Waals surface area (Å²) in [4.78, 5) is 11.5. The van der Waals surface area contributed by atoms with Crippen molar-refractivity contribution in [2.24, 2.45) is 0 Å². The highest BCUT2D eigenvalue weighted by atomic mass is 32.2. The molecule has 1 heterocycles. The largest absolute Gasteiger partial charge is 0.465 e. The number of carbonyl (C=O) groups is 1. The third kappa shape index (κ3) is 4.92. The minimum atomic E-state index is -3.40. The minimum absolute atomic E-state index is 0.0228. The summed E-state index contributed by atoms with van der Waals surface area (Å²) in [6.45, 7) is 1.78. The van der Waals surface area contributed by atoms with Crippen LogP contribution in [0.2, 0.25) is 0 Å². The van der Waals surface area contributed by atoms with E-state index in [1.807, 2.05) is 0 Å². The maximum atomic E-state index is 11.7. The van der Waals surface area contributed by atoms with Crippen molar-refractivity contribution >= 4 is 33.3 Å². The van der Waals surface area contributed by atoms with Gasteiger partial charge < -0.3 is 10.1 Å². The number of benzene rings is 1. The van der Waals surface area contributed by atoms with Gasteiger partial charge in [0.2, 0.25) is 10.0 Å². The van der Waals surface area contributed by atoms with Crippen LogP contribution in [0, 0.1) is 0 Å². The molecule has 0 bridgehead atoms. The number of anilines is 3. The van der Waals surface area contributed by atoms with Gasteiger partial charge in [0.1, 0.15) is 0 Å². The van der Waals surface area contributed by atoms with Crippen LogP contribution in [0.1, 0.15) is 23.7 Å². The normalized spacial score (nSPS) is 10.9. The highest BCUT2D eigenvalue weighted by Crippen LogP contribution is 2.17. The molecule has 8 nitrogen and oxygen atoms in total. The van der Waals surface area contributed by atoms with E-state index in [-0.39, 0.29) is 11.6 Å². The lowest BCUT2D eigenvalue weighted by molar-refractivity contribution is 0.0601. The molecule has 0 aliphatic carbocycles. The Morgan fingerprint density at radius 3 is 2.50 bits per heavy atom. The molecule has 0 saturated carbocycles. The first-order chi connectivity index (χ1) is 11.4. The van der Waals surface area contributed by atoms with E-state index in [0.717, 1.165) is 0 Å². The number of nitrogens with one attached hydrogen (secondary N) is 2. The number of ether oxygens (including phenoxy) is 1. The summed E-state index contributed by atoms with van der Waals surface area (Å²) in [5, 5.41) is 10.7. The predicted octanol–water partition coefficient (Wildman–Crippen LogP) is 2.16. The van der Waals surface area contributed by atoms with Crippen LogP contribution in [0.15, 0.2) is 36.4 Å². The highest BCUT2D eigenvalue weighted by molar-refractivity contribution is 7.92. The number of aromatic nitrogens is 2. The van der Waals surface area contributed by atoms with Gasteiger partial charge in [-0.15, -0.1) is 10.2 Å². The van der Waals surface area contributed by atoms with Crippen molar-refractivity contribution in [2.75, 3.05) is 22.9 Å². The lowest BCUT2D eigenvalue weighted by Gasteiger charge is -2.08. The highest BCUT2D eigenvalue weighted by Gasteiger charge is 2.10. The second kappa shape index (κ2) is 7.73. The molecular weight excluding hydrogens is 332 g/mol. The van der Waals surface area contributed by atoms with Crippen molar-refractivity contribution in [1.29, 1.82) is 0 Å². The van der Waals surface area contributed by atoms with E-state index >= 15 is 0 Å². The molecule has 0 atom stereocenters. The Hall–Kier alpha value is -2.68. The molecule has 0 spiro atoms. The standard InChI is InChI=1S/C15H18N4O4S/c1-3-9-24(21,22)19-14-8-7-13(17-18-14)16-12-6-4-5-11(10-12)15(20)23-2/h4-8,10H,3,9H2,1-2H3,(H,16,17)(H,18,19). The summed E-state index contributed by atoms with van der Waals surface area (Å²) in [5.41, 5.74) is 1.03. The number of sulfonamides is 1. The Kier molecular flexibility index (Phi) is 5.69. The van der Waals surface area contributed by atoms with Gasteiger partial charge in [0.05, 0.1) is 18.4 Å². The van der Waals surface area contributed by atoms with Crippen LogP contribution in [0.3, 0.4) is 0 Å². The van der Waals surface area contributed by atoms with Gasteiger partial charge in [-0.2, -0.15) is 0 Å². The van der Waals surface area contributed by atoms with Crippen LogP contribution in [-0.2, 0) is 14.8 Å². The number of rotatable bonds is 7. The molecule has 0 saturated heterocycles. The maximum absolute atomic E-state index is 11.7. The lowest BCUT2D eigenvalue weighted by atomic mass is 10.2. The van der Waals surface area contributed by atoms with E-state index in [2.05, 4.69) is 25.0 Å². The molecule has 0 radical (unpaired) electrons. The van der Waals surface area contributed by atoms with Crippen LogP contribution in [-0.4, -0.2) is 37.4 Å². The van der Waals surface area contributed by atoms with E-state index in [4.69, 9.17) is 0 Å². The number of esters is 1. The van der Waals surface area contributed by atoms with Crippen LogP contribution < -0.4 is 10.0 Å². The summed E-state index contributed by atoms with van der Waals surface area (Å²) >= 11 is 0. The number of hydrogen-bond acceptors (Lipinski definition) is 7. The van der Waals surface area contributed by atoms with Gasteiger partial charge in [0.25, 0.3) is 0 Å². The monoisotopic (exact) mass is 350 g/mol. The molecule has 0 aliphatic heterocycles. The minimum Gasteiger partial charge on any atom is -0.465 e. The average molecular weight is 350 g/mol. The van der Waals surface area contributed by atoms with Crippen molar-refractivity contribution < 1.29 is 17.9 Å². The fourth-order valence-corrected chi connectivity index (χ4v) is 2.99. The van der Waals surface area contributed by atoms with Crippen molar-refractivity contribution in [3.05, 3.63) is 42.0 Å². The second-order valence-corrected chi connectivity index (χ2v) is 6.76. The first-order valence-corrected chi connectivity index (χ1v) is 8.88. The molecule has 0 fully saturated rings. The van der Waals surface area contributed by atoms with Crippen molar-refractivity contribution in [3.63, 3.8) is 0 Å². The van der Waals surface area contributed by atoms with Crippen LogP contribution in [0.4, 0.5) is 17.3 Å². The molecule has 2 aromatic rings. The summed E-state index contributed by atoms with van der Waals surface area (Å²) in [6, 6.07) is 9.80. The molecule has 0 amide bonds. The van der Waals surface area contributed by atoms with Gasteiger partial charge in [0, 0.05) is 5.69 Å². The van der Waals surface area contributed by atoms with Gasteiger partial charge in [-0.1, -0.05) is 13.0 Å². The second-order valence-electron chi connectivity index (χ2n) is 4.92. The first kappa shape index (κ1) is 17.7. The smallest absolute Gasteiger partial charge is 0.337 e. The molecule has 9 heteroatoms. The number of carbonyl (C=O) groups excluding carboxylic acids is 1. The topological polar surface area (TPSA) is 110 Å². The maximum Gasteiger partial charge on any atom is 0.337 e. The van der Waals surface area contributed by atoms with E-state index in [9.17, 15) is 13.2 Å². The van der Waals surface area contributed by atoms with E-state index in [1.165, 1.54) is 13.2 Å². The Morgan fingerprint density at radius 2 is 1.88 bits per heavy atom. The Morgan fingerprint density at radius 1 is 1.17 bits per heavy atom. The predicted molar refractivity (Wildman–Crippen MR) is 90.8 cm³/mol. The number of hydrogen-bond donors (Lipinski definition) is 2. The molecule has 0 aliphatic rings. The summed E-state index contributed by atoms with van der Waals surface area (Å²) < 4.78 is 30.3. The van der Waals surface area contributed by atoms with Crippen LogP contribution >= 0.6 is 0 Å². The van der Waals surface area contributed by atoms with Gasteiger partial charge >= 0.3 is 5.97 Å². The summed E-state index contributed by atoms with van der Waals surface area (Å²) in [6.07, 6.45) is 0.513. The van der Waals surface area contributed by atoms with Crippen LogP contribution in [0.5, 0.6) is 0 Å². The molecule has 2 rings (SSSR count). The zero-order chi connectivity index (χ0) is 17.6. The number of nitrogens with zero attached hydrogens (tertiary/aromatic N) is 2. The Balaban J connectivity index is 2.08. The quantitative estimate of drug-likeness (QED) is 0.736. The molecular formula is C15H18N4O4S. The molecule has 0 unspecified atom stereocenters. The molecule has 1 aromatic carbocycles. The van der Waals surface area contributed by atoms with Gasteiger partial charge in [-0.25, -0.2) is 13.2 Å².